The van der Waals surface area contributed by atoms with Gasteiger partial charge < -0.3 is 24.3 Å². The smallest absolute Gasteiger partial charge is 0.312 e. The van der Waals surface area contributed by atoms with Crippen molar-refractivity contribution in [1.82, 2.24) is 4.98 Å². The minimum absolute atomic E-state index is 0.0747. The zero-order chi connectivity index (χ0) is 22.5. The number of benzene rings is 2. The van der Waals surface area contributed by atoms with Crippen molar-refractivity contribution in [2.45, 2.75) is 26.1 Å². The molecule has 10 heteroatoms. The molecule has 0 fully saturated rings. The van der Waals surface area contributed by atoms with Gasteiger partial charge in [0.25, 0.3) is 5.91 Å². The summed E-state index contributed by atoms with van der Waals surface area (Å²) in [5, 5.41) is 5.06. The molecule has 2 aromatic carbocycles. The van der Waals surface area contributed by atoms with Crippen LogP contribution in [0.15, 0.2) is 47.8 Å². The van der Waals surface area contributed by atoms with Crippen molar-refractivity contribution in [1.29, 1.82) is 0 Å². The molecular weight excluding hydrogens is 439 g/mol. The number of thiazole rings is 1. The molecule has 1 atom stereocenters. The van der Waals surface area contributed by atoms with E-state index in [0.29, 0.717) is 33.6 Å². The van der Waals surface area contributed by atoms with Gasteiger partial charge >= 0.3 is 5.97 Å². The topological polar surface area (TPSA) is 96.0 Å². The van der Waals surface area contributed by atoms with Crippen LogP contribution in [0.25, 0.3) is 0 Å². The van der Waals surface area contributed by atoms with Crippen LogP contribution >= 0.6 is 11.3 Å². The maximum Gasteiger partial charge on any atom is 0.312 e. The van der Waals surface area contributed by atoms with Crippen LogP contribution in [0.5, 0.6) is 17.2 Å². The van der Waals surface area contributed by atoms with Crippen LogP contribution in [0, 0.1) is 5.82 Å². The summed E-state index contributed by atoms with van der Waals surface area (Å²) in [6.07, 6.45) is -1.07. The van der Waals surface area contributed by atoms with Gasteiger partial charge in [0.2, 0.25) is 6.79 Å². The summed E-state index contributed by atoms with van der Waals surface area (Å²) in [5.74, 6) is 0.276. The van der Waals surface area contributed by atoms with E-state index in [4.69, 9.17) is 18.9 Å². The minimum atomic E-state index is -0.993. The Morgan fingerprint density at radius 3 is 2.78 bits per heavy atom. The number of anilines is 1. The van der Waals surface area contributed by atoms with E-state index < -0.39 is 18.0 Å². The van der Waals surface area contributed by atoms with E-state index in [1.54, 1.807) is 23.6 Å². The fourth-order valence-electron chi connectivity index (χ4n) is 2.83. The number of rotatable bonds is 8. The van der Waals surface area contributed by atoms with Gasteiger partial charge in [0.1, 0.15) is 23.2 Å². The number of esters is 1. The summed E-state index contributed by atoms with van der Waals surface area (Å²) in [4.78, 5) is 28.9. The molecule has 1 amide bonds. The molecule has 0 radical (unpaired) electrons. The first-order valence-corrected chi connectivity index (χ1v) is 10.6. The Hall–Kier alpha value is -3.66. The van der Waals surface area contributed by atoms with Crippen molar-refractivity contribution in [3.05, 3.63) is 64.4 Å². The van der Waals surface area contributed by atoms with Gasteiger partial charge in [0.15, 0.2) is 17.6 Å². The molecule has 1 aromatic heterocycles. The fraction of sp³-hybridized carbons (Fsp3) is 0.227. The number of amides is 1. The van der Waals surface area contributed by atoms with Gasteiger partial charge in [-0.15, -0.1) is 11.3 Å². The Labute approximate surface area is 186 Å². The van der Waals surface area contributed by atoms with Gasteiger partial charge in [0, 0.05) is 17.1 Å². The summed E-state index contributed by atoms with van der Waals surface area (Å²) < 4.78 is 34.2. The van der Waals surface area contributed by atoms with Crippen LogP contribution < -0.4 is 19.5 Å². The SMILES string of the molecule is CC(OC(=O)Cc1csc(COc2ccc(F)cc2)n1)C(=O)Nc1ccc2c(c1)OCO2. The van der Waals surface area contributed by atoms with Crippen LogP contribution in [0.3, 0.4) is 0 Å². The Balaban J connectivity index is 1.24. The molecule has 8 nitrogen and oxygen atoms in total. The Kier molecular flexibility index (Phi) is 6.50. The van der Waals surface area contributed by atoms with E-state index in [1.807, 2.05) is 0 Å². The molecule has 0 saturated heterocycles. The number of ether oxygens (including phenoxy) is 4. The van der Waals surface area contributed by atoms with Gasteiger partial charge in [-0.3, -0.25) is 9.59 Å². The number of carbonyl (C=O) groups excluding carboxylic acids is 2. The van der Waals surface area contributed by atoms with Crippen LogP contribution in [0.4, 0.5) is 10.1 Å². The zero-order valence-electron chi connectivity index (χ0n) is 17.0. The van der Waals surface area contributed by atoms with Crippen LogP contribution in [0.2, 0.25) is 0 Å². The van der Waals surface area contributed by atoms with Crippen molar-refractivity contribution < 1.29 is 32.9 Å². The number of nitrogens with one attached hydrogen (secondary N) is 1. The molecule has 1 N–H and O–H groups in total. The van der Waals surface area contributed by atoms with Crippen molar-refractivity contribution >= 4 is 28.9 Å². The molecule has 1 aliphatic heterocycles. The van der Waals surface area contributed by atoms with Crippen LogP contribution in [-0.2, 0) is 27.4 Å². The highest BCUT2D eigenvalue weighted by atomic mass is 32.1. The number of hydrogen-bond donors (Lipinski definition) is 1. The second-order valence-corrected chi connectivity index (χ2v) is 7.78. The second kappa shape index (κ2) is 9.65. The summed E-state index contributed by atoms with van der Waals surface area (Å²) in [6, 6.07) is 10.7. The van der Waals surface area contributed by atoms with Crippen molar-refractivity contribution in [3.8, 4) is 17.2 Å². The summed E-state index contributed by atoms with van der Waals surface area (Å²) in [5.41, 5.74) is 1.02. The maximum atomic E-state index is 12.9. The number of aromatic nitrogens is 1. The van der Waals surface area contributed by atoms with E-state index in [-0.39, 0.29) is 25.6 Å². The quantitative estimate of drug-likeness (QED) is 0.514. The lowest BCUT2D eigenvalue weighted by Gasteiger charge is -2.13. The third-order valence-corrected chi connectivity index (χ3v) is 5.29. The lowest BCUT2D eigenvalue weighted by Crippen LogP contribution is -2.30. The van der Waals surface area contributed by atoms with Crippen LogP contribution in [-0.4, -0.2) is 29.8 Å². The Morgan fingerprint density at radius 1 is 1.19 bits per heavy atom. The highest BCUT2D eigenvalue weighted by Gasteiger charge is 2.20. The van der Waals surface area contributed by atoms with Gasteiger partial charge in [-0.2, -0.15) is 0 Å². The van der Waals surface area contributed by atoms with E-state index >= 15 is 0 Å². The normalized spacial score (nSPS) is 12.8. The lowest BCUT2D eigenvalue weighted by molar-refractivity contribution is -0.152. The van der Waals surface area contributed by atoms with Gasteiger partial charge in [-0.25, -0.2) is 9.37 Å². The first kappa shape index (κ1) is 21.6. The number of nitrogens with zero attached hydrogens (tertiary/aromatic N) is 1. The second-order valence-electron chi connectivity index (χ2n) is 6.84. The number of hydrogen-bond acceptors (Lipinski definition) is 8. The molecule has 0 spiro atoms. The summed E-state index contributed by atoms with van der Waals surface area (Å²) in [7, 11) is 0. The summed E-state index contributed by atoms with van der Waals surface area (Å²) >= 11 is 1.33. The maximum absolute atomic E-state index is 12.9. The monoisotopic (exact) mass is 458 g/mol. The Morgan fingerprint density at radius 2 is 1.97 bits per heavy atom. The molecular formula is C22H19FN2O6S. The largest absolute Gasteiger partial charge is 0.486 e. The van der Waals surface area contributed by atoms with Gasteiger partial charge in [-0.05, 0) is 43.3 Å². The number of carbonyl (C=O) groups is 2. The molecule has 2 heterocycles. The predicted octanol–water partition coefficient (Wildman–Crippen LogP) is 3.70. The standard InChI is InChI=1S/C22H19FN2O6S/c1-13(22(27)25-15-4-7-18-19(8-15)30-12-29-18)31-21(26)9-16-11-32-20(24-16)10-28-17-5-2-14(23)3-6-17/h2-8,11,13H,9-10,12H2,1H3,(H,25,27). The van der Waals surface area contributed by atoms with Gasteiger partial charge in [0.05, 0.1) is 12.1 Å². The summed E-state index contributed by atoms with van der Waals surface area (Å²) in [6.45, 7) is 1.82. The third kappa shape index (κ3) is 5.52. The first-order valence-electron chi connectivity index (χ1n) is 9.68. The predicted molar refractivity (Wildman–Crippen MR) is 113 cm³/mol. The van der Waals surface area contributed by atoms with Gasteiger partial charge in [-0.1, -0.05) is 0 Å². The van der Waals surface area contributed by atoms with Crippen molar-refractivity contribution in [3.63, 3.8) is 0 Å². The average Bonchev–Trinajstić information content (AvgIpc) is 3.42. The number of fused-ring (bicyclic) bond motifs is 1. The first-order chi connectivity index (χ1) is 15.5. The van der Waals surface area contributed by atoms with Crippen molar-refractivity contribution in [2.24, 2.45) is 0 Å². The number of halogens is 1. The Bertz CT molecular complexity index is 1120. The fourth-order valence-corrected chi connectivity index (χ4v) is 3.54. The molecule has 1 unspecified atom stereocenters. The van der Waals surface area contributed by atoms with E-state index in [0.717, 1.165) is 0 Å². The molecule has 4 rings (SSSR count). The average molecular weight is 458 g/mol. The molecule has 1 aliphatic rings. The molecule has 3 aromatic rings. The zero-order valence-corrected chi connectivity index (χ0v) is 17.8. The molecule has 0 bridgehead atoms. The highest BCUT2D eigenvalue weighted by Crippen LogP contribution is 2.34. The molecule has 32 heavy (non-hydrogen) atoms. The third-order valence-electron chi connectivity index (χ3n) is 4.42. The molecule has 166 valence electrons. The molecule has 0 aliphatic carbocycles. The van der Waals surface area contributed by atoms with Crippen LogP contribution in [0.1, 0.15) is 17.6 Å². The lowest BCUT2D eigenvalue weighted by atomic mass is 10.2. The van der Waals surface area contributed by atoms with E-state index in [1.165, 1.54) is 42.5 Å². The molecule has 0 saturated carbocycles. The van der Waals surface area contributed by atoms with Crippen molar-refractivity contribution in [2.75, 3.05) is 12.1 Å². The minimum Gasteiger partial charge on any atom is -0.486 e. The van der Waals surface area contributed by atoms with E-state index in [9.17, 15) is 14.0 Å². The highest BCUT2D eigenvalue weighted by molar-refractivity contribution is 7.09. The van der Waals surface area contributed by atoms with E-state index in [2.05, 4.69) is 10.3 Å².